The number of hydrogen-bond acceptors (Lipinski definition) is 3. The Morgan fingerprint density at radius 1 is 1.03 bits per heavy atom. The van der Waals surface area contributed by atoms with E-state index < -0.39 is 0 Å². The zero-order valence-electron chi connectivity index (χ0n) is 16.4. The van der Waals surface area contributed by atoms with Crippen LogP contribution >= 0.6 is 11.6 Å². The SMILES string of the molecule is Cc1nn(Cc2ccccc2)c(C)c1CNC(=O)CNC(=O)c1cccc(Cl)c1. The number of carbonyl (C=O) groups excluding carboxylic acids is 2. The average molecular weight is 411 g/mol. The van der Waals surface area contributed by atoms with Crippen molar-refractivity contribution in [1.29, 1.82) is 0 Å². The lowest BCUT2D eigenvalue weighted by molar-refractivity contribution is -0.120. The third-order valence-electron chi connectivity index (χ3n) is 4.67. The summed E-state index contributed by atoms with van der Waals surface area (Å²) in [5.74, 6) is -0.610. The summed E-state index contributed by atoms with van der Waals surface area (Å²) >= 11 is 5.88. The summed E-state index contributed by atoms with van der Waals surface area (Å²) in [6, 6.07) is 16.7. The van der Waals surface area contributed by atoms with Gasteiger partial charge in [0, 0.05) is 28.4 Å². The molecule has 2 N–H and O–H groups in total. The van der Waals surface area contributed by atoms with Gasteiger partial charge in [-0.3, -0.25) is 14.3 Å². The van der Waals surface area contributed by atoms with E-state index in [0.717, 1.165) is 22.5 Å². The molecule has 0 aliphatic rings. The molecule has 1 aromatic heterocycles. The fourth-order valence-corrected chi connectivity index (χ4v) is 3.23. The number of hydrogen-bond donors (Lipinski definition) is 2. The molecule has 0 aliphatic heterocycles. The summed E-state index contributed by atoms with van der Waals surface area (Å²) in [6.45, 7) is 4.85. The van der Waals surface area contributed by atoms with Gasteiger partial charge in [-0.1, -0.05) is 48.0 Å². The van der Waals surface area contributed by atoms with Crippen LogP contribution in [0, 0.1) is 13.8 Å². The topological polar surface area (TPSA) is 76.0 Å². The van der Waals surface area contributed by atoms with Gasteiger partial charge in [0.05, 0.1) is 18.8 Å². The molecule has 0 saturated carbocycles. The molecule has 6 nitrogen and oxygen atoms in total. The molecule has 0 bridgehead atoms. The van der Waals surface area contributed by atoms with Gasteiger partial charge in [0.15, 0.2) is 0 Å². The average Bonchev–Trinajstić information content (AvgIpc) is 2.98. The van der Waals surface area contributed by atoms with Crippen LogP contribution < -0.4 is 10.6 Å². The summed E-state index contributed by atoms with van der Waals surface area (Å²) < 4.78 is 1.94. The van der Waals surface area contributed by atoms with Gasteiger partial charge in [-0.25, -0.2) is 0 Å². The summed E-state index contributed by atoms with van der Waals surface area (Å²) in [7, 11) is 0. The molecular weight excluding hydrogens is 388 g/mol. The lowest BCUT2D eigenvalue weighted by atomic mass is 10.2. The molecular formula is C22H23ClN4O2. The van der Waals surface area contributed by atoms with Crippen LogP contribution in [-0.4, -0.2) is 28.1 Å². The van der Waals surface area contributed by atoms with Gasteiger partial charge in [0.1, 0.15) is 0 Å². The molecule has 7 heteroatoms. The van der Waals surface area contributed by atoms with Crippen LogP contribution in [0.1, 0.15) is 32.9 Å². The number of halogens is 1. The van der Waals surface area contributed by atoms with Gasteiger partial charge >= 0.3 is 0 Å². The van der Waals surface area contributed by atoms with Crippen molar-refractivity contribution in [3.63, 3.8) is 0 Å². The highest BCUT2D eigenvalue weighted by Gasteiger charge is 2.14. The Kier molecular flexibility index (Phi) is 6.67. The molecule has 2 aromatic carbocycles. The smallest absolute Gasteiger partial charge is 0.251 e. The summed E-state index contributed by atoms with van der Waals surface area (Å²) in [4.78, 5) is 24.3. The van der Waals surface area contributed by atoms with E-state index in [1.54, 1.807) is 24.3 Å². The Morgan fingerprint density at radius 3 is 2.52 bits per heavy atom. The van der Waals surface area contributed by atoms with Crippen LogP contribution in [0.3, 0.4) is 0 Å². The van der Waals surface area contributed by atoms with E-state index in [9.17, 15) is 9.59 Å². The predicted molar refractivity (Wildman–Crippen MR) is 113 cm³/mol. The molecule has 29 heavy (non-hydrogen) atoms. The molecule has 0 aliphatic carbocycles. The van der Waals surface area contributed by atoms with Crippen molar-refractivity contribution in [2.45, 2.75) is 26.9 Å². The number of aromatic nitrogens is 2. The van der Waals surface area contributed by atoms with Gasteiger partial charge in [-0.05, 0) is 37.6 Å². The van der Waals surface area contributed by atoms with Crippen molar-refractivity contribution < 1.29 is 9.59 Å². The van der Waals surface area contributed by atoms with Crippen LogP contribution in [0.25, 0.3) is 0 Å². The number of benzene rings is 2. The number of amides is 2. The molecule has 3 aromatic rings. The fraction of sp³-hybridized carbons (Fsp3) is 0.227. The first-order chi connectivity index (χ1) is 13.9. The van der Waals surface area contributed by atoms with E-state index in [1.807, 2.05) is 36.7 Å². The van der Waals surface area contributed by atoms with Crippen LogP contribution in [0.4, 0.5) is 0 Å². The van der Waals surface area contributed by atoms with Crippen molar-refractivity contribution in [3.05, 3.63) is 87.7 Å². The van der Waals surface area contributed by atoms with E-state index in [4.69, 9.17) is 11.6 Å². The second-order valence-electron chi connectivity index (χ2n) is 6.76. The molecule has 0 unspecified atom stereocenters. The zero-order chi connectivity index (χ0) is 20.8. The lowest BCUT2D eigenvalue weighted by Gasteiger charge is -2.08. The fourth-order valence-electron chi connectivity index (χ4n) is 3.04. The minimum absolute atomic E-state index is 0.110. The Balaban J connectivity index is 1.54. The third kappa shape index (κ3) is 5.45. The van der Waals surface area contributed by atoms with Crippen molar-refractivity contribution in [1.82, 2.24) is 20.4 Å². The minimum Gasteiger partial charge on any atom is -0.350 e. The van der Waals surface area contributed by atoms with Crippen molar-refractivity contribution in [2.24, 2.45) is 0 Å². The van der Waals surface area contributed by atoms with Gasteiger partial charge in [-0.2, -0.15) is 5.10 Å². The quantitative estimate of drug-likeness (QED) is 0.627. The second kappa shape index (κ2) is 9.39. The number of nitrogens with zero attached hydrogens (tertiary/aromatic N) is 2. The molecule has 150 valence electrons. The van der Waals surface area contributed by atoms with Crippen LogP contribution in [0.5, 0.6) is 0 Å². The van der Waals surface area contributed by atoms with Gasteiger partial charge < -0.3 is 10.6 Å². The van der Waals surface area contributed by atoms with Crippen LogP contribution in [0.2, 0.25) is 5.02 Å². The Morgan fingerprint density at radius 2 is 1.79 bits per heavy atom. The first-order valence-electron chi connectivity index (χ1n) is 9.31. The summed E-state index contributed by atoms with van der Waals surface area (Å²) in [5.41, 5.74) is 4.45. The monoisotopic (exact) mass is 410 g/mol. The number of carbonyl (C=O) groups is 2. The molecule has 2 amide bonds. The Hall–Kier alpha value is -3.12. The lowest BCUT2D eigenvalue weighted by Crippen LogP contribution is -2.36. The molecule has 0 atom stereocenters. The van der Waals surface area contributed by atoms with Crippen LogP contribution in [0.15, 0.2) is 54.6 Å². The van der Waals surface area contributed by atoms with Gasteiger partial charge in [-0.15, -0.1) is 0 Å². The molecule has 0 spiro atoms. The maximum absolute atomic E-state index is 12.2. The normalized spacial score (nSPS) is 10.6. The Bertz CT molecular complexity index is 1010. The Labute approximate surface area is 174 Å². The maximum atomic E-state index is 12.2. The number of nitrogens with one attached hydrogen (secondary N) is 2. The number of rotatable bonds is 7. The largest absolute Gasteiger partial charge is 0.350 e. The van der Waals surface area contributed by atoms with Crippen molar-refractivity contribution >= 4 is 23.4 Å². The highest BCUT2D eigenvalue weighted by atomic mass is 35.5. The van der Waals surface area contributed by atoms with Gasteiger partial charge in [0.25, 0.3) is 5.91 Å². The molecule has 1 heterocycles. The highest BCUT2D eigenvalue weighted by molar-refractivity contribution is 6.30. The highest BCUT2D eigenvalue weighted by Crippen LogP contribution is 2.15. The van der Waals surface area contributed by atoms with E-state index in [1.165, 1.54) is 0 Å². The minimum atomic E-state index is -0.342. The van der Waals surface area contributed by atoms with Gasteiger partial charge in [0.2, 0.25) is 5.91 Å². The van der Waals surface area contributed by atoms with Crippen LogP contribution in [-0.2, 0) is 17.9 Å². The van der Waals surface area contributed by atoms with E-state index in [2.05, 4.69) is 27.9 Å². The van der Waals surface area contributed by atoms with Crippen molar-refractivity contribution in [3.8, 4) is 0 Å². The van der Waals surface area contributed by atoms with E-state index in [-0.39, 0.29) is 18.4 Å². The first-order valence-corrected chi connectivity index (χ1v) is 9.69. The summed E-state index contributed by atoms with van der Waals surface area (Å²) in [5, 5.41) is 10.5. The first kappa shape index (κ1) is 20.6. The summed E-state index contributed by atoms with van der Waals surface area (Å²) in [6.07, 6.45) is 0. The molecule has 0 radical (unpaired) electrons. The number of aryl methyl sites for hydroxylation is 1. The second-order valence-corrected chi connectivity index (χ2v) is 7.20. The van der Waals surface area contributed by atoms with E-state index >= 15 is 0 Å². The standard InChI is InChI=1S/C22H23ClN4O2/c1-15-20(16(2)27(26-15)14-17-7-4-3-5-8-17)12-24-21(28)13-25-22(29)18-9-6-10-19(23)11-18/h3-11H,12-14H2,1-2H3,(H,24,28)(H,25,29). The maximum Gasteiger partial charge on any atom is 0.251 e. The zero-order valence-corrected chi connectivity index (χ0v) is 17.2. The molecule has 0 fully saturated rings. The molecule has 3 rings (SSSR count). The molecule has 0 saturated heterocycles. The third-order valence-corrected chi connectivity index (χ3v) is 4.90. The predicted octanol–water partition coefficient (Wildman–Crippen LogP) is 3.25. The van der Waals surface area contributed by atoms with E-state index in [0.29, 0.717) is 23.7 Å². The van der Waals surface area contributed by atoms with Crippen molar-refractivity contribution in [2.75, 3.05) is 6.54 Å².